The van der Waals surface area contributed by atoms with E-state index in [4.69, 9.17) is 14.7 Å². The largest absolute Gasteiger partial charge is 0.489 e. The third-order valence-electron chi connectivity index (χ3n) is 6.25. The van der Waals surface area contributed by atoms with Crippen molar-refractivity contribution in [3.05, 3.63) is 72.4 Å². The molecule has 1 aliphatic rings. The van der Waals surface area contributed by atoms with Gasteiger partial charge in [0.25, 0.3) is 5.91 Å². The van der Waals surface area contributed by atoms with E-state index in [1.165, 1.54) is 6.92 Å². The zero-order chi connectivity index (χ0) is 25.6. The summed E-state index contributed by atoms with van der Waals surface area (Å²) in [5.41, 5.74) is 1.90. The Balaban J connectivity index is 1.39. The summed E-state index contributed by atoms with van der Waals surface area (Å²) in [6.07, 6.45) is 1.72. The Morgan fingerprint density at radius 3 is 2.57 bits per heavy atom. The molecule has 3 heterocycles. The van der Waals surface area contributed by atoms with Crippen molar-refractivity contribution in [2.45, 2.75) is 25.9 Å². The molecule has 2 aromatic heterocycles. The fourth-order valence-corrected chi connectivity index (χ4v) is 4.48. The molecule has 2 aromatic carbocycles. The van der Waals surface area contributed by atoms with E-state index in [0.29, 0.717) is 49.2 Å². The van der Waals surface area contributed by atoms with Crippen LogP contribution in [0.1, 0.15) is 30.3 Å². The first-order valence-electron chi connectivity index (χ1n) is 12.5. The van der Waals surface area contributed by atoms with Gasteiger partial charge in [0.15, 0.2) is 5.82 Å². The first kappa shape index (κ1) is 24.3. The lowest BCUT2D eigenvalue weighted by molar-refractivity contribution is -0.118. The molecule has 9 heteroatoms. The van der Waals surface area contributed by atoms with Crippen LogP contribution >= 0.6 is 0 Å². The number of nitrogens with zero attached hydrogens (tertiary/aromatic N) is 3. The van der Waals surface area contributed by atoms with Gasteiger partial charge in [-0.1, -0.05) is 48.5 Å². The number of carbonyl (C=O) groups excluding carboxylic acids is 2. The van der Waals surface area contributed by atoms with Crippen LogP contribution in [0.2, 0.25) is 0 Å². The van der Waals surface area contributed by atoms with Gasteiger partial charge in [0.2, 0.25) is 5.91 Å². The number of fused-ring (bicyclic) bond motifs is 1. The maximum Gasteiger partial charge on any atom is 0.270 e. The summed E-state index contributed by atoms with van der Waals surface area (Å²) in [4.78, 5) is 39.2. The summed E-state index contributed by atoms with van der Waals surface area (Å²) in [6, 6.07) is 21.2. The number of aromatic nitrogens is 3. The van der Waals surface area contributed by atoms with Gasteiger partial charge >= 0.3 is 0 Å². The number of amides is 2. The van der Waals surface area contributed by atoms with Crippen LogP contribution in [0.15, 0.2) is 66.7 Å². The highest BCUT2D eigenvalue weighted by atomic mass is 16.5. The highest BCUT2D eigenvalue weighted by Crippen LogP contribution is 2.27. The van der Waals surface area contributed by atoms with Crippen molar-refractivity contribution in [2.24, 2.45) is 0 Å². The second kappa shape index (κ2) is 11.1. The van der Waals surface area contributed by atoms with Gasteiger partial charge in [0.1, 0.15) is 29.0 Å². The van der Waals surface area contributed by atoms with Crippen LogP contribution in [0, 0.1) is 0 Å². The number of piperidine rings is 1. The Bertz CT molecular complexity index is 1370. The fourth-order valence-electron chi connectivity index (χ4n) is 4.48. The van der Waals surface area contributed by atoms with Crippen LogP contribution in [0.5, 0.6) is 5.75 Å². The van der Waals surface area contributed by atoms with E-state index in [9.17, 15) is 9.59 Å². The standard InChI is InChI=1S/C28H30N6O3/c1-19(35)29-14-15-30-26-23-17-24(31-27(23)33-25(32-26)20-9-4-2-5-10-20)28(36)34-16-8-13-22(18-34)37-21-11-6-3-7-12-21/h2-7,9-12,17,22H,8,13-16,18H2,1H3,(H,29,35)(H2,30,31,32,33). The average molecular weight is 499 g/mol. The van der Waals surface area contributed by atoms with Gasteiger partial charge in [-0.3, -0.25) is 9.59 Å². The molecular weight excluding hydrogens is 468 g/mol. The van der Waals surface area contributed by atoms with Gasteiger partial charge in [0.05, 0.1) is 11.9 Å². The number of aromatic amines is 1. The van der Waals surface area contributed by atoms with Crippen LogP contribution in [0.4, 0.5) is 5.82 Å². The highest BCUT2D eigenvalue weighted by Gasteiger charge is 2.27. The second-order valence-corrected chi connectivity index (χ2v) is 9.06. The first-order valence-corrected chi connectivity index (χ1v) is 12.5. The molecule has 1 saturated heterocycles. The maximum atomic E-state index is 13.5. The van der Waals surface area contributed by atoms with Crippen LogP contribution in [-0.2, 0) is 4.79 Å². The van der Waals surface area contributed by atoms with E-state index >= 15 is 0 Å². The van der Waals surface area contributed by atoms with E-state index in [2.05, 4.69) is 15.6 Å². The van der Waals surface area contributed by atoms with Gasteiger partial charge in [-0.15, -0.1) is 0 Å². The highest BCUT2D eigenvalue weighted by molar-refractivity contribution is 6.00. The van der Waals surface area contributed by atoms with Crippen LogP contribution in [-0.4, -0.2) is 63.9 Å². The van der Waals surface area contributed by atoms with E-state index < -0.39 is 0 Å². The molecule has 2 amide bonds. The molecule has 37 heavy (non-hydrogen) atoms. The van der Waals surface area contributed by atoms with Gasteiger partial charge in [-0.2, -0.15) is 0 Å². The van der Waals surface area contributed by atoms with Crippen molar-refractivity contribution in [3.63, 3.8) is 0 Å². The number of nitrogens with one attached hydrogen (secondary N) is 3. The number of para-hydroxylation sites is 1. The second-order valence-electron chi connectivity index (χ2n) is 9.06. The molecule has 1 atom stereocenters. The zero-order valence-electron chi connectivity index (χ0n) is 20.7. The Morgan fingerprint density at radius 1 is 1.05 bits per heavy atom. The molecule has 0 bridgehead atoms. The summed E-state index contributed by atoms with van der Waals surface area (Å²) in [7, 11) is 0. The quantitative estimate of drug-likeness (QED) is 0.318. The number of rotatable bonds is 8. The normalized spacial score (nSPS) is 15.4. The number of hydrogen-bond donors (Lipinski definition) is 3. The van der Waals surface area contributed by atoms with Crippen molar-refractivity contribution in [3.8, 4) is 17.1 Å². The summed E-state index contributed by atoms with van der Waals surface area (Å²) < 4.78 is 6.12. The molecule has 5 rings (SSSR count). The van der Waals surface area contributed by atoms with Gasteiger partial charge in [0, 0.05) is 32.1 Å². The smallest absolute Gasteiger partial charge is 0.270 e. The number of anilines is 1. The minimum absolute atomic E-state index is 0.0556. The molecule has 0 radical (unpaired) electrons. The SMILES string of the molecule is CC(=O)NCCNc1nc(-c2ccccc2)nc2[nH]c(C(=O)N3CCCC(Oc4ccccc4)C3)cc12. The molecule has 1 fully saturated rings. The number of hydrogen-bond acceptors (Lipinski definition) is 6. The van der Waals surface area contributed by atoms with Crippen LogP contribution < -0.4 is 15.4 Å². The number of carbonyl (C=O) groups is 2. The number of H-pyrrole nitrogens is 1. The van der Waals surface area contributed by atoms with Crippen molar-refractivity contribution in [1.29, 1.82) is 0 Å². The van der Waals surface area contributed by atoms with E-state index in [-0.39, 0.29) is 17.9 Å². The van der Waals surface area contributed by atoms with Gasteiger partial charge in [-0.05, 0) is 31.0 Å². The zero-order valence-corrected chi connectivity index (χ0v) is 20.7. The van der Waals surface area contributed by atoms with Crippen molar-refractivity contribution < 1.29 is 14.3 Å². The molecule has 1 unspecified atom stereocenters. The topological polar surface area (TPSA) is 112 Å². The number of benzene rings is 2. The van der Waals surface area contributed by atoms with Crippen molar-refractivity contribution in [2.75, 3.05) is 31.5 Å². The predicted octanol–water partition coefficient (Wildman–Crippen LogP) is 3.86. The fraction of sp³-hybridized carbons (Fsp3) is 0.286. The minimum Gasteiger partial charge on any atom is -0.489 e. The minimum atomic E-state index is -0.0928. The molecule has 3 N–H and O–H groups in total. The van der Waals surface area contributed by atoms with Crippen LogP contribution in [0.3, 0.4) is 0 Å². The number of ether oxygens (including phenoxy) is 1. The van der Waals surface area contributed by atoms with Crippen LogP contribution in [0.25, 0.3) is 22.4 Å². The molecule has 9 nitrogen and oxygen atoms in total. The van der Waals surface area contributed by atoms with Crippen molar-refractivity contribution >= 4 is 28.7 Å². The third-order valence-corrected chi connectivity index (χ3v) is 6.25. The Morgan fingerprint density at radius 2 is 1.81 bits per heavy atom. The number of likely N-dealkylation sites (tertiary alicyclic amines) is 1. The Hall–Kier alpha value is -4.40. The molecule has 0 saturated carbocycles. The van der Waals surface area contributed by atoms with E-state index in [1.807, 2.05) is 65.6 Å². The summed E-state index contributed by atoms with van der Waals surface area (Å²) in [5, 5.41) is 6.78. The average Bonchev–Trinajstić information content (AvgIpc) is 3.36. The molecule has 0 aliphatic carbocycles. The maximum absolute atomic E-state index is 13.5. The van der Waals surface area contributed by atoms with Crippen molar-refractivity contribution in [1.82, 2.24) is 25.2 Å². The lowest BCUT2D eigenvalue weighted by Crippen LogP contribution is -2.44. The summed E-state index contributed by atoms with van der Waals surface area (Å²) in [6.45, 7) is 3.61. The van der Waals surface area contributed by atoms with Gasteiger partial charge < -0.3 is 25.3 Å². The monoisotopic (exact) mass is 498 g/mol. The summed E-state index contributed by atoms with van der Waals surface area (Å²) >= 11 is 0. The molecule has 0 spiro atoms. The van der Waals surface area contributed by atoms with Gasteiger partial charge in [-0.25, -0.2) is 9.97 Å². The first-order chi connectivity index (χ1) is 18.1. The Labute approximate surface area is 215 Å². The molecule has 1 aliphatic heterocycles. The Kier molecular flexibility index (Phi) is 7.30. The predicted molar refractivity (Wildman–Crippen MR) is 142 cm³/mol. The molecular formula is C28H30N6O3. The lowest BCUT2D eigenvalue weighted by atomic mass is 10.1. The third kappa shape index (κ3) is 5.88. The molecule has 4 aromatic rings. The van der Waals surface area contributed by atoms with E-state index in [0.717, 1.165) is 29.5 Å². The molecule has 190 valence electrons. The van der Waals surface area contributed by atoms with E-state index in [1.54, 1.807) is 6.07 Å². The summed E-state index contributed by atoms with van der Waals surface area (Å²) in [5.74, 6) is 1.78. The lowest BCUT2D eigenvalue weighted by Gasteiger charge is -2.32.